The molecular formula is C15H26N4. The van der Waals surface area contributed by atoms with Gasteiger partial charge < -0.3 is 10.2 Å². The Morgan fingerprint density at radius 3 is 2.84 bits per heavy atom. The largest absolute Gasteiger partial charge is 0.355 e. The average molecular weight is 262 g/mol. The van der Waals surface area contributed by atoms with Gasteiger partial charge in [0, 0.05) is 19.6 Å². The Bertz CT molecular complexity index is 363. The van der Waals surface area contributed by atoms with Crippen LogP contribution in [0.3, 0.4) is 0 Å². The third-order valence-electron chi connectivity index (χ3n) is 3.73. The molecule has 0 saturated carbocycles. The lowest BCUT2D eigenvalue weighted by atomic mass is 10.0. The molecule has 1 fully saturated rings. The van der Waals surface area contributed by atoms with Crippen LogP contribution in [0, 0.1) is 5.92 Å². The third kappa shape index (κ3) is 4.16. The minimum Gasteiger partial charge on any atom is -0.355 e. The van der Waals surface area contributed by atoms with Gasteiger partial charge in [-0.15, -0.1) is 0 Å². The van der Waals surface area contributed by atoms with Crippen molar-refractivity contribution in [1.82, 2.24) is 15.3 Å². The van der Waals surface area contributed by atoms with Crippen molar-refractivity contribution in [2.75, 3.05) is 24.5 Å². The van der Waals surface area contributed by atoms with Crippen molar-refractivity contribution in [1.29, 1.82) is 0 Å². The van der Waals surface area contributed by atoms with Crippen molar-refractivity contribution in [3.8, 4) is 0 Å². The van der Waals surface area contributed by atoms with Gasteiger partial charge in [0.2, 0.25) is 0 Å². The summed E-state index contributed by atoms with van der Waals surface area (Å²) >= 11 is 0. The molecule has 0 radical (unpaired) electrons. The van der Waals surface area contributed by atoms with Crippen LogP contribution in [-0.2, 0) is 6.54 Å². The van der Waals surface area contributed by atoms with Crippen molar-refractivity contribution >= 4 is 5.82 Å². The summed E-state index contributed by atoms with van der Waals surface area (Å²) < 4.78 is 0. The van der Waals surface area contributed by atoms with Gasteiger partial charge in [0.15, 0.2) is 0 Å². The van der Waals surface area contributed by atoms with E-state index in [0.717, 1.165) is 50.0 Å². The van der Waals surface area contributed by atoms with E-state index >= 15 is 0 Å². The van der Waals surface area contributed by atoms with Crippen LogP contribution < -0.4 is 10.2 Å². The monoisotopic (exact) mass is 262 g/mol. The van der Waals surface area contributed by atoms with E-state index in [2.05, 4.69) is 34.0 Å². The summed E-state index contributed by atoms with van der Waals surface area (Å²) in [4.78, 5) is 11.4. The fourth-order valence-corrected chi connectivity index (χ4v) is 2.68. The molecule has 2 heterocycles. The topological polar surface area (TPSA) is 41.1 Å². The van der Waals surface area contributed by atoms with E-state index in [4.69, 9.17) is 0 Å². The predicted molar refractivity (Wildman–Crippen MR) is 79.3 cm³/mol. The molecule has 1 aromatic rings. The SMILES string of the molecule is CCCNCc1cnc(N2CCC(CCC)C2)cn1. The van der Waals surface area contributed by atoms with E-state index in [1.807, 2.05) is 12.4 Å². The lowest BCUT2D eigenvalue weighted by Crippen LogP contribution is -2.21. The number of nitrogens with one attached hydrogen (secondary N) is 1. The van der Waals surface area contributed by atoms with Crippen molar-refractivity contribution in [3.63, 3.8) is 0 Å². The molecule has 1 aliphatic rings. The molecule has 0 bridgehead atoms. The lowest BCUT2D eigenvalue weighted by Gasteiger charge is -2.17. The summed E-state index contributed by atoms with van der Waals surface area (Å²) in [7, 11) is 0. The Balaban J connectivity index is 1.85. The first kappa shape index (κ1) is 14.3. The molecule has 2 rings (SSSR count). The van der Waals surface area contributed by atoms with Gasteiger partial charge in [-0.3, -0.25) is 4.98 Å². The van der Waals surface area contributed by atoms with E-state index in [0.29, 0.717) is 0 Å². The molecule has 0 spiro atoms. The van der Waals surface area contributed by atoms with Crippen LogP contribution in [0.15, 0.2) is 12.4 Å². The third-order valence-corrected chi connectivity index (χ3v) is 3.73. The van der Waals surface area contributed by atoms with Gasteiger partial charge in [-0.2, -0.15) is 0 Å². The van der Waals surface area contributed by atoms with Gasteiger partial charge in [-0.25, -0.2) is 4.98 Å². The highest BCUT2D eigenvalue weighted by Gasteiger charge is 2.22. The lowest BCUT2D eigenvalue weighted by molar-refractivity contribution is 0.529. The Kier molecular flexibility index (Phi) is 5.58. The average Bonchev–Trinajstić information content (AvgIpc) is 2.89. The molecule has 0 amide bonds. The second kappa shape index (κ2) is 7.43. The summed E-state index contributed by atoms with van der Waals surface area (Å²) in [5, 5.41) is 3.35. The van der Waals surface area contributed by atoms with Crippen LogP contribution >= 0.6 is 0 Å². The van der Waals surface area contributed by atoms with Crippen molar-refractivity contribution in [2.24, 2.45) is 5.92 Å². The van der Waals surface area contributed by atoms with Crippen molar-refractivity contribution < 1.29 is 0 Å². The fourth-order valence-electron chi connectivity index (χ4n) is 2.68. The van der Waals surface area contributed by atoms with Crippen LogP contribution in [0.4, 0.5) is 5.82 Å². The molecule has 1 unspecified atom stereocenters. The molecule has 0 aromatic carbocycles. The summed E-state index contributed by atoms with van der Waals surface area (Å²) in [6.07, 6.45) is 8.91. The van der Waals surface area contributed by atoms with Crippen LogP contribution in [-0.4, -0.2) is 29.6 Å². The maximum atomic E-state index is 4.56. The molecule has 1 saturated heterocycles. The van der Waals surface area contributed by atoms with E-state index in [-0.39, 0.29) is 0 Å². The first-order valence-electron chi connectivity index (χ1n) is 7.60. The number of anilines is 1. The highest BCUT2D eigenvalue weighted by molar-refractivity contribution is 5.37. The first-order valence-corrected chi connectivity index (χ1v) is 7.60. The highest BCUT2D eigenvalue weighted by atomic mass is 15.2. The van der Waals surface area contributed by atoms with E-state index < -0.39 is 0 Å². The van der Waals surface area contributed by atoms with E-state index in [1.54, 1.807) is 0 Å². The smallest absolute Gasteiger partial charge is 0.147 e. The molecule has 19 heavy (non-hydrogen) atoms. The van der Waals surface area contributed by atoms with Gasteiger partial charge >= 0.3 is 0 Å². The Morgan fingerprint density at radius 2 is 2.16 bits per heavy atom. The summed E-state index contributed by atoms with van der Waals surface area (Å²) in [6.45, 7) is 8.57. The Morgan fingerprint density at radius 1 is 1.26 bits per heavy atom. The molecule has 106 valence electrons. The van der Waals surface area contributed by atoms with Crippen LogP contribution in [0.25, 0.3) is 0 Å². The first-order chi connectivity index (χ1) is 9.33. The normalized spacial score (nSPS) is 19.1. The minimum atomic E-state index is 0.819. The molecule has 1 aliphatic heterocycles. The number of hydrogen-bond acceptors (Lipinski definition) is 4. The quantitative estimate of drug-likeness (QED) is 0.767. The highest BCUT2D eigenvalue weighted by Crippen LogP contribution is 2.24. The van der Waals surface area contributed by atoms with Crippen molar-refractivity contribution in [3.05, 3.63) is 18.1 Å². The van der Waals surface area contributed by atoms with Gasteiger partial charge in [-0.05, 0) is 31.7 Å². The van der Waals surface area contributed by atoms with E-state index in [1.165, 1.54) is 19.3 Å². The zero-order chi connectivity index (χ0) is 13.5. The number of nitrogens with zero attached hydrogens (tertiary/aromatic N) is 3. The number of hydrogen-bond donors (Lipinski definition) is 1. The van der Waals surface area contributed by atoms with Crippen molar-refractivity contribution in [2.45, 2.75) is 46.1 Å². The Hall–Kier alpha value is -1.16. The predicted octanol–water partition coefficient (Wildman–Crippen LogP) is 2.60. The maximum Gasteiger partial charge on any atom is 0.147 e. The Labute approximate surface area is 116 Å². The molecule has 1 aromatic heterocycles. The van der Waals surface area contributed by atoms with Crippen LogP contribution in [0.1, 0.15) is 45.2 Å². The standard InChI is InChI=1S/C15H26N4/c1-3-5-13-6-8-19(12-13)15-11-17-14(10-18-15)9-16-7-4-2/h10-11,13,16H,3-9,12H2,1-2H3. The van der Waals surface area contributed by atoms with Gasteiger partial charge in [0.1, 0.15) is 5.82 Å². The zero-order valence-electron chi connectivity index (χ0n) is 12.2. The summed E-state index contributed by atoms with van der Waals surface area (Å²) in [5.41, 5.74) is 1.03. The second-order valence-corrected chi connectivity index (χ2v) is 5.43. The molecular weight excluding hydrogens is 236 g/mol. The molecule has 4 heteroatoms. The molecule has 4 nitrogen and oxygen atoms in total. The summed E-state index contributed by atoms with van der Waals surface area (Å²) in [6, 6.07) is 0. The second-order valence-electron chi connectivity index (χ2n) is 5.43. The molecule has 1 N–H and O–H groups in total. The molecule has 1 atom stereocenters. The molecule has 0 aliphatic carbocycles. The number of rotatable bonds is 7. The maximum absolute atomic E-state index is 4.56. The zero-order valence-corrected chi connectivity index (χ0v) is 12.2. The van der Waals surface area contributed by atoms with Gasteiger partial charge in [0.25, 0.3) is 0 Å². The van der Waals surface area contributed by atoms with Crippen LogP contribution in [0.2, 0.25) is 0 Å². The van der Waals surface area contributed by atoms with Crippen LogP contribution in [0.5, 0.6) is 0 Å². The van der Waals surface area contributed by atoms with E-state index in [9.17, 15) is 0 Å². The summed E-state index contributed by atoms with van der Waals surface area (Å²) in [5.74, 6) is 1.88. The van der Waals surface area contributed by atoms with Gasteiger partial charge in [0.05, 0.1) is 18.1 Å². The van der Waals surface area contributed by atoms with Gasteiger partial charge in [-0.1, -0.05) is 20.3 Å². The minimum absolute atomic E-state index is 0.819. The number of aromatic nitrogens is 2. The fraction of sp³-hybridized carbons (Fsp3) is 0.733.